The van der Waals surface area contributed by atoms with Gasteiger partial charge in [0.25, 0.3) is 5.91 Å². The smallest absolute Gasteiger partial charge is 0.691 e. The SMILES string of the molecule is C.O=C(Nc1cccc(S(=O)(=O)CCOSOO[O-])c1)c1ccc(N=Nc2c(SOO[O-])cc3cc(Nc4nc(F)nc(F)c4Cl)ccc3c2O)cc1.[Na+].[Na+]. The summed E-state index contributed by atoms with van der Waals surface area (Å²) in [5.41, 5.74) is 0.764. The number of phenolic OH excluding ortho intramolecular Hbond substituents is 1. The van der Waals surface area contributed by atoms with Gasteiger partial charge in [0.2, 0.25) is 5.95 Å². The number of phenols is 1. The first-order valence-electron chi connectivity index (χ1n) is 14.0. The number of carbonyl (C=O) groups is 1. The third kappa shape index (κ3) is 13.2. The Morgan fingerprint density at radius 3 is 2.38 bits per heavy atom. The van der Waals surface area contributed by atoms with Crippen LogP contribution in [0.15, 0.2) is 92.8 Å². The van der Waals surface area contributed by atoms with Gasteiger partial charge in [0, 0.05) is 22.3 Å². The number of hydrogen-bond acceptors (Lipinski definition) is 18. The van der Waals surface area contributed by atoms with Crippen LogP contribution in [0.1, 0.15) is 17.8 Å². The van der Waals surface area contributed by atoms with Crippen LogP contribution in [0.2, 0.25) is 5.02 Å². The van der Waals surface area contributed by atoms with Crippen molar-refractivity contribution >= 4 is 91.1 Å². The van der Waals surface area contributed by atoms with Crippen LogP contribution in [0.25, 0.3) is 10.8 Å². The largest absolute Gasteiger partial charge is 1.00 e. The van der Waals surface area contributed by atoms with E-state index in [9.17, 15) is 37.6 Å². The van der Waals surface area contributed by atoms with E-state index in [4.69, 9.17) is 15.8 Å². The molecule has 1 amide bonds. The quantitative estimate of drug-likeness (QED) is 0.0175. The summed E-state index contributed by atoms with van der Waals surface area (Å²) in [6, 6.07) is 17.1. The van der Waals surface area contributed by atoms with E-state index in [-0.39, 0.29) is 141 Å². The molecule has 0 radical (unpaired) electrons. The maximum Gasteiger partial charge on any atom is 1.00 e. The summed E-state index contributed by atoms with van der Waals surface area (Å²) in [6.45, 7) is -0.311. The normalized spacial score (nSPS) is 11.1. The molecule has 0 saturated carbocycles. The molecule has 25 heteroatoms. The number of rotatable bonds is 16. The monoisotopic (exact) mass is 858 g/mol. The van der Waals surface area contributed by atoms with Gasteiger partial charge in [-0.2, -0.15) is 28.2 Å². The van der Waals surface area contributed by atoms with Crippen LogP contribution in [-0.2, 0) is 32.8 Å². The zero-order valence-corrected chi connectivity index (χ0v) is 34.7. The third-order valence-corrected chi connectivity index (χ3v) is 9.63. The van der Waals surface area contributed by atoms with Crippen molar-refractivity contribution in [2.75, 3.05) is 23.0 Å². The summed E-state index contributed by atoms with van der Waals surface area (Å²) in [6.07, 6.45) is -1.35. The van der Waals surface area contributed by atoms with Gasteiger partial charge in [0.15, 0.2) is 33.7 Å². The van der Waals surface area contributed by atoms with Crippen molar-refractivity contribution < 1.29 is 120 Å². The van der Waals surface area contributed by atoms with Crippen LogP contribution in [0, 0.1) is 12.0 Å². The number of carbonyl (C=O) groups excluding carboxylic acids is 1. The van der Waals surface area contributed by atoms with Crippen LogP contribution in [-0.4, -0.2) is 41.8 Å². The molecule has 1 heterocycles. The van der Waals surface area contributed by atoms with Crippen LogP contribution in [0.5, 0.6) is 5.75 Å². The summed E-state index contributed by atoms with van der Waals surface area (Å²) in [4.78, 5) is 19.2. The minimum absolute atomic E-state index is 0. The van der Waals surface area contributed by atoms with Crippen LogP contribution < -0.4 is 80.3 Å². The minimum Gasteiger partial charge on any atom is -0.691 e. The fourth-order valence-electron chi connectivity index (χ4n) is 4.34. The van der Waals surface area contributed by atoms with Crippen LogP contribution >= 0.6 is 36.0 Å². The van der Waals surface area contributed by atoms with Gasteiger partial charge < -0.3 is 26.3 Å². The summed E-state index contributed by atoms with van der Waals surface area (Å²) in [5.74, 6) is -3.01. The molecule has 17 nitrogen and oxygen atoms in total. The Morgan fingerprint density at radius 2 is 1.67 bits per heavy atom. The average Bonchev–Trinajstić information content (AvgIpc) is 3.12. The number of hydrogen-bond donors (Lipinski definition) is 3. The predicted octanol–water partition coefficient (Wildman–Crippen LogP) is 0.130. The molecule has 0 unspecified atom stereocenters. The zero-order chi connectivity index (χ0) is 37.3. The van der Waals surface area contributed by atoms with E-state index in [1.807, 2.05) is 0 Å². The van der Waals surface area contributed by atoms with Crippen molar-refractivity contribution in [3.8, 4) is 5.75 Å². The zero-order valence-electron chi connectivity index (χ0n) is 27.5. The number of nitrogens with one attached hydrogen (secondary N) is 2. The number of sulfone groups is 1. The van der Waals surface area contributed by atoms with Crippen molar-refractivity contribution in [2.45, 2.75) is 17.2 Å². The Bertz CT molecular complexity index is 2240. The predicted molar refractivity (Wildman–Crippen MR) is 183 cm³/mol. The molecule has 55 heavy (non-hydrogen) atoms. The molecule has 4 aromatic carbocycles. The van der Waals surface area contributed by atoms with E-state index in [0.717, 1.165) is 0 Å². The topological polar surface area (TPSA) is 238 Å². The molecule has 0 atom stereocenters. The van der Waals surface area contributed by atoms with Gasteiger partial charge in [-0.1, -0.05) is 25.1 Å². The number of azo groups is 1. The molecule has 0 spiro atoms. The van der Waals surface area contributed by atoms with Crippen molar-refractivity contribution in [3.05, 3.63) is 95.4 Å². The first-order chi connectivity index (χ1) is 25.0. The Labute approximate surface area is 369 Å². The number of aromatic nitrogens is 2. The molecule has 3 N–H and O–H groups in total. The fourth-order valence-corrected chi connectivity index (χ4v) is 6.41. The van der Waals surface area contributed by atoms with Gasteiger partial charge >= 0.3 is 65.2 Å². The molecule has 0 bridgehead atoms. The van der Waals surface area contributed by atoms with Gasteiger partial charge in [-0.25, -0.2) is 8.42 Å². The Hall–Kier alpha value is -2.59. The van der Waals surface area contributed by atoms with Gasteiger partial charge in [-0.15, -0.1) is 9.45 Å². The molecule has 0 aliphatic rings. The number of anilines is 3. The summed E-state index contributed by atoms with van der Waals surface area (Å²) >= 11 is 6.43. The van der Waals surface area contributed by atoms with Crippen molar-refractivity contribution in [1.82, 2.24) is 9.97 Å². The van der Waals surface area contributed by atoms with Gasteiger partial charge in [0.05, 0.1) is 39.9 Å². The number of fused-ring (bicyclic) bond motifs is 1. The molecule has 0 saturated heterocycles. The molecule has 280 valence electrons. The van der Waals surface area contributed by atoms with Crippen molar-refractivity contribution in [3.63, 3.8) is 0 Å². The fraction of sp³-hybridized carbons (Fsp3) is 0.100. The molecule has 0 aliphatic heterocycles. The van der Waals surface area contributed by atoms with E-state index < -0.39 is 38.5 Å². The van der Waals surface area contributed by atoms with Crippen LogP contribution in [0.4, 0.5) is 37.3 Å². The average molecular weight is 859 g/mol. The Morgan fingerprint density at radius 1 is 0.945 bits per heavy atom. The summed E-state index contributed by atoms with van der Waals surface area (Å²) in [7, 11) is -3.82. The van der Waals surface area contributed by atoms with E-state index in [1.54, 1.807) is 0 Å². The maximum absolute atomic E-state index is 13.8. The van der Waals surface area contributed by atoms with E-state index in [1.165, 1.54) is 72.8 Å². The molecule has 5 rings (SSSR count). The molecule has 0 fully saturated rings. The van der Waals surface area contributed by atoms with E-state index in [2.05, 4.69) is 49.6 Å². The summed E-state index contributed by atoms with van der Waals surface area (Å²) < 4.78 is 65.6. The second-order valence-corrected chi connectivity index (χ2v) is 13.6. The Balaban J connectivity index is 0.00000348. The van der Waals surface area contributed by atoms with Crippen molar-refractivity contribution in [1.29, 1.82) is 0 Å². The minimum atomic E-state index is -3.82. The number of nitrogens with zero attached hydrogens (tertiary/aromatic N) is 4. The number of benzene rings is 4. The third-order valence-electron chi connectivity index (χ3n) is 6.63. The van der Waals surface area contributed by atoms with Gasteiger partial charge in [-0.05, 0) is 72.1 Å². The standard InChI is InChI=1S/C29H21ClF2N6O11S3.CH4.2Na/c30-23-26(31)35-29(32)36-27(23)33-19-8-9-21-16(12-19)13-22(50-48-46-41)24(25(21)39)38-37-17-6-4-15(5-7-17)28(40)34-18-2-1-3-20(14-18)52(43,44)11-10-45-51-49-47-42;;;/h1-9,12-14,39,41-42H,10-11H2,(H,34,40)(H,33,35,36);1H4;;/q;;2*+1/p-2. The maximum atomic E-state index is 13.8. The van der Waals surface area contributed by atoms with Gasteiger partial charge in [0.1, 0.15) is 10.7 Å². The molecular weight excluding hydrogens is 836 g/mol. The Kier molecular flexibility index (Phi) is 20.3. The van der Waals surface area contributed by atoms with E-state index >= 15 is 0 Å². The first-order valence-corrected chi connectivity index (χ1v) is 17.4. The first kappa shape index (κ1) is 48.6. The second kappa shape index (κ2) is 23.0. The molecule has 0 aliphatic carbocycles. The number of aromatic hydroxyl groups is 1. The molecular formula is C30H23ClF2N6Na2O11S3. The number of halogens is 3. The van der Waals surface area contributed by atoms with Gasteiger partial charge in [-0.3, -0.25) is 19.1 Å². The summed E-state index contributed by atoms with van der Waals surface area (Å²) in [5, 5.41) is 51.5. The molecule has 5 aromatic rings. The molecule has 1 aromatic heterocycles. The number of amides is 1. The second-order valence-electron chi connectivity index (χ2n) is 9.87. The van der Waals surface area contributed by atoms with Crippen molar-refractivity contribution in [2.24, 2.45) is 10.2 Å². The van der Waals surface area contributed by atoms with Crippen LogP contribution in [0.3, 0.4) is 0 Å². The van der Waals surface area contributed by atoms with E-state index in [0.29, 0.717) is 17.4 Å².